The number of halogens is 4. The van der Waals surface area contributed by atoms with Gasteiger partial charge in [0, 0.05) is 49.4 Å². The van der Waals surface area contributed by atoms with Gasteiger partial charge in [-0.1, -0.05) is 6.92 Å². The molecule has 0 atom stereocenters. The third-order valence-corrected chi connectivity index (χ3v) is 6.80. The maximum atomic E-state index is 13.2. The van der Waals surface area contributed by atoms with Gasteiger partial charge in [0.2, 0.25) is 11.8 Å². The predicted molar refractivity (Wildman–Crippen MR) is 138 cm³/mol. The molecule has 5 rings (SSSR count). The van der Waals surface area contributed by atoms with Gasteiger partial charge in [-0.2, -0.15) is 18.2 Å². The summed E-state index contributed by atoms with van der Waals surface area (Å²) in [5.41, 5.74) is 8.80. The van der Waals surface area contributed by atoms with Crippen molar-refractivity contribution in [2.75, 3.05) is 48.3 Å². The van der Waals surface area contributed by atoms with E-state index in [2.05, 4.69) is 52.6 Å². The molecule has 3 heterocycles. The van der Waals surface area contributed by atoms with Crippen LogP contribution in [0.1, 0.15) is 12.7 Å². The monoisotopic (exact) mass is 560 g/mol. The van der Waals surface area contributed by atoms with Crippen LogP contribution < -0.4 is 15.5 Å². The summed E-state index contributed by atoms with van der Waals surface area (Å²) in [6.45, 7) is 7.14. The number of nitrogens with two attached hydrogens (primary N) is 1. The first-order valence-electron chi connectivity index (χ1n) is 11.5. The fraction of sp³-hybridized carbons (Fsp3) is 0.292. The highest BCUT2D eigenvalue weighted by Gasteiger charge is 2.35. The summed E-state index contributed by atoms with van der Waals surface area (Å²) in [6.07, 6.45) is -3.03. The fourth-order valence-electron chi connectivity index (χ4n) is 4.32. The van der Waals surface area contributed by atoms with Crippen LogP contribution in [0.3, 0.4) is 0 Å². The standard InChI is InChI=1S/C24H24BrF3N8/c1-2-34-9-11-35(12-10-34)15-3-5-16(6-4-15)36(21-18(25)14-30-23(29)33-21)17-7-8-19-20(13-17)32-22(31-19)24(26,27)28/h3-8,13-14H,2,9-12H2,1H3,(H,31,32)(H2,29,30,33). The van der Waals surface area contributed by atoms with Crippen molar-refractivity contribution in [3.63, 3.8) is 0 Å². The van der Waals surface area contributed by atoms with Crippen LogP contribution in [0, 0.1) is 0 Å². The molecule has 0 saturated carbocycles. The van der Waals surface area contributed by atoms with E-state index in [0.29, 0.717) is 16.0 Å². The summed E-state index contributed by atoms with van der Waals surface area (Å²) in [5, 5.41) is 0. The lowest BCUT2D eigenvalue weighted by molar-refractivity contribution is -0.144. The second kappa shape index (κ2) is 9.58. The normalized spacial score (nSPS) is 15.0. The number of hydrogen-bond donors (Lipinski definition) is 2. The molecular weight excluding hydrogens is 537 g/mol. The largest absolute Gasteiger partial charge is 0.449 e. The lowest BCUT2D eigenvalue weighted by atomic mass is 10.2. The van der Waals surface area contributed by atoms with Gasteiger partial charge in [0.15, 0.2) is 5.82 Å². The number of aromatic nitrogens is 4. The van der Waals surface area contributed by atoms with Crippen molar-refractivity contribution >= 4 is 55.8 Å². The van der Waals surface area contributed by atoms with Crippen molar-refractivity contribution in [2.45, 2.75) is 13.1 Å². The number of H-pyrrole nitrogens is 1. The Morgan fingerprint density at radius 1 is 1.03 bits per heavy atom. The number of imidazole rings is 1. The fourth-order valence-corrected chi connectivity index (χ4v) is 4.69. The second-order valence-corrected chi connectivity index (χ2v) is 9.31. The molecule has 1 saturated heterocycles. The van der Waals surface area contributed by atoms with Gasteiger partial charge in [0.25, 0.3) is 0 Å². The molecule has 0 bridgehead atoms. The van der Waals surface area contributed by atoms with Crippen LogP contribution in [0.15, 0.2) is 53.1 Å². The molecule has 0 unspecified atom stereocenters. The van der Waals surface area contributed by atoms with Gasteiger partial charge >= 0.3 is 6.18 Å². The first-order chi connectivity index (χ1) is 17.2. The van der Waals surface area contributed by atoms with Gasteiger partial charge in [-0.25, -0.2) is 9.97 Å². The number of likely N-dealkylation sites (N-methyl/N-ethyl adjacent to an activating group) is 1. The number of nitrogen functional groups attached to an aromatic ring is 1. The van der Waals surface area contributed by atoms with Crippen molar-refractivity contribution in [3.05, 3.63) is 59.0 Å². The van der Waals surface area contributed by atoms with E-state index in [-0.39, 0.29) is 17.0 Å². The molecule has 8 nitrogen and oxygen atoms in total. The van der Waals surface area contributed by atoms with E-state index in [1.165, 1.54) is 0 Å². The lowest BCUT2D eigenvalue weighted by Crippen LogP contribution is -2.46. The topological polar surface area (TPSA) is 90.2 Å². The van der Waals surface area contributed by atoms with Crippen molar-refractivity contribution < 1.29 is 13.2 Å². The Morgan fingerprint density at radius 3 is 2.39 bits per heavy atom. The molecule has 1 aliphatic rings. The average Bonchev–Trinajstić information content (AvgIpc) is 3.31. The highest BCUT2D eigenvalue weighted by atomic mass is 79.9. The molecule has 0 spiro atoms. The number of hydrogen-bond acceptors (Lipinski definition) is 7. The van der Waals surface area contributed by atoms with E-state index in [0.717, 1.165) is 44.1 Å². The Labute approximate surface area is 214 Å². The van der Waals surface area contributed by atoms with E-state index in [4.69, 9.17) is 5.73 Å². The first-order valence-corrected chi connectivity index (χ1v) is 12.2. The number of nitrogens with zero attached hydrogens (tertiary/aromatic N) is 6. The number of benzene rings is 2. The number of alkyl halides is 3. The quantitative estimate of drug-likeness (QED) is 0.341. The molecule has 4 aromatic rings. The van der Waals surface area contributed by atoms with Gasteiger partial charge in [0.1, 0.15) is 0 Å². The predicted octanol–water partition coefficient (Wildman–Crippen LogP) is 5.33. The Balaban J connectivity index is 1.54. The molecule has 3 N–H and O–H groups in total. The number of fused-ring (bicyclic) bond motifs is 1. The van der Waals surface area contributed by atoms with Crippen molar-refractivity contribution in [1.82, 2.24) is 24.8 Å². The van der Waals surface area contributed by atoms with Crippen LogP contribution in [0.5, 0.6) is 0 Å². The SMILES string of the molecule is CCN1CCN(c2ccc(N(c3ccc4[nH]c(C(F)(F)F)nc4c3)c3nc(N)ncc3Br)cc2)CC1. The minimum absolute atomic E-state index is 0.0730. The Morgan fingerprint density at radius 2 is 1.72 bits per heavy atom. The molecule has 0 amide bonds. The van der Waals surface area contributed by atoms with E-state index in [1.807, 2.05) is 29.2 Å². The Bertz CT molecular complexity index is 1360. The second-order valence-electron chi connectivity index (χ2n) is 8.46. The summed E-state index contributed by atoms with van der Waals surface area (Å²) in [6, 6.07) is 12.9. The van der Waals surface area contributed by atoms with E-state index in [9.17, 15) is 13.2 Å². The van der Waals surface area contributed by atoms with Crippen molar-refractivity contribution in [3.8, 4) is 0 Å². The third-order valence-electron chi connectivity index (χ3n) is 6.24. The summed E-state index contributed by atoms with van der Waals surface area (Å²) in [4.78, 5) is 21.1. The minimum Gasteiger partial charge on any atom is -0.369 e. The number of anilines is 5. The van der Waals surface area contributed by atoms with E-state index >= 15 is 0 Å². The van der Waals surface area contributed by atoms with Gasteiger partial charge in [0.05, 0.1) is 15.5 Å². The van der Waals surface area contributed by atoms with Crippen LogP contribution in [0.25, 0.3) is 11.0 Å². The molecular formula is C24H24BrF3N8. The Kier molecular flexibility index (Phi) is 6.47. The third kappa shape index (κ3) is 4.82. The van der Waals surface area contributed by atoms with Crippen LogP contribution >= 0.6 is 15.9 Å². The van der Waals surface area contributed by atoms with Crippen LogP contribution in [-0.4, -0.2) is 57.6 Å². The molecule has 2 aromatic carbocycles. The molecule has 1 fully saturated rings. The van der Waals surface area contributed by atoms with Crippen molar-refractivity contribution in [2.24, 2.45) is 0 Å². The van der Waals surface area contributed by atoms with Gasteiger partial charge in [-0.15, -0.1) is 0 Å². The van der Waals surface area contributed by atoms with Gasteiger partial charge in [-0.3, -0.25) is 4.90 Å². The number of piperazine rings is 1. The van der Waals surface area contributed by atoms with Gasteiger partial charge < -0.3 is 20.5 Å². The zero-order chi connectivity index (χ0) is 25.4. The molecule has 2 aromatic heterocycles. The number of rotatable bonds is 5. The summed E-state index contributed by atoms with van der Waals surface area (Å²) in [7, 11) is 0. The van der Waals surface area contributed by atoms with Gasteiger partial charge in [-0.05, 0) is 64.9 Å². The summed E-state index contributed by atoms with van der Waals surface area (Å²) in [5.74, 6) is -0.511. The molecule has 0 aliphatic carbocycles. The number of nitrogens with one attached hydrogen (secondary N) is 1. The zero-order valence-corrected chi connectivity index (χ0v) is 21.0. The molecule has 188 valence electrons. The lowest BCUT2D eigenvalue weighted by Gasteiger charge is -2.35. The highest BCUT2D eigenvalue weighted by Crippen LogP contribution is 2.39. The average molecular weight is 561 g/mol. The maximum Gasteiger partial charge on any atom is 0.449 e. The molecule has 12 heteroatoms. The summed E-state index contributed by atoms with van der Waals surface area (Å²) < 4.78 is 40.2. The van der Waals surface area contributed by atoms with Crippen LogP contribution in [0.2, 0.25) is 0 Å². The smallest absolute Gasteiger partial charge is 0.369 e. The maximum absolute atomic E-state index is 13.2. The minimum atomic E-state index is -4.57. The van der Waals surface area contributed by atoms with Crippen LogP contribution in [0.4, 0.5) is 42.0 Å². The highest BCUT2D eigenvalue weighted by molar-refractivity contribution is 9.10. The summed E-state index contributed by atoms with van der Waals surface area (Å²) >= 11 is 3.49. The zero-order valence-electron chi connectivity index (χ0n) is 19.4. The van der Waals surface area contributed by atoms with Crippen molar-refractivity contribution in [1.29, 1.82) is 0 Å². The molecule has 1 aliphatic heterocycles. The Hall–Kier alpha value is -3.38. The number of aromatic amines is 1. The van der Waals surface area contributed by atoms with Crippen LogP contribution in [-0.2, 0) is 6.18 Å². The first kappa shape index (κ1) is 24.3. The van der Waals surface area contributed by atoms with E-state index < -0.39 is 12.0 Å². The molecule has 0 radical (unpaired) electrons. The van der Waals surface area contributed by atoms with E-state index in [1.54, 1.807) is 24.4 Å². The molecule has 36 heavy (non-hydrogen) atoms.